The van der Waals surface area contributed by atoms with Gasteiger partial charge in [-0.3, -0.25) is 0 Å². The summed E-state index contributed by atoms with van der Waals surface area (Å²) in [5, 5.41) is 1.38. The highest BCUT2D eigenvalue weighted by Gasteiger charge is 2.17. The van der Waals surface area contributed by atoms with E-state index in [2.05, 4.69) is 19.1 Å². The Morgan fingerprint density at radius 2 is 1.63 bits per heavy atom. The van der Waals surface area contributed by atoms with Crippen LogP contribution in [0.25, 0.3) is 0 Å². The molecule has 0 fully saturated rings. The summed E-state index contributed by atoms with van der Waals surface area (Å²) in [6.07, 6.45) is 0.854. The number of rotatable bonds is 4. The van der Waals surface area contributed by atoms with Crippen LogP contribution in [0.3, 0.4) is 0 Å². The second-order valence-electron chi connectivity index (χ2n) is 4.70. The van der Waals surface area contributed by atoms with Gasteiger partial charge in [-0.05, 0) is 48.7 Å². The Kier molecular flexibility index (Phi) is 4.87. The summed E-state index contributed by atoms with van der Waals surface area (Å²) in [6.45, 7) is 2.63. The highest BCUT2D eigenvalue weighted by Crippen LogP contribution is 2.33. The van der Waals surface area contributed by atoms with Crippen LogP contribution in [0, 0.1) is 6.92 Å². The van der Waals surface area contributed by atoms with Crippen LogP contribution < -0.4 is 5.73 Å². The van der Waals surface area contributed by atoms with Crippen LogP contribution >= 0.6 is 23.2 Å². The number of nitrogens with two attached hydrogens (primary N) is 1. The first-order valence-corrected chi connectivity index (χ1v) is 7.07. The molecule has 2 aromatic carbocycles. The summed E-state index contributed by atoms with van der Waals surface area (Å²) in [6, 6.07) is 13.9. The van der Waals surface area contributed by atoms with Crippen molar-refractivity contribution in [1.82, 2.24) is 0 Å². The molecule has 0 aromatic heterocycles. The highest BCUT2D eigenvalue weighted by molar-refractivity contribution is 6.36. The molecule has 0 radical (unpaired) electrons. The van der Waals surface area contributed by atoms with Gasteiger partial charge in [-0.1, -0.05) is 53.5 Å². The van der Waals surface area contributed by atoms with E-state index >= 15 is 0 Å². The monoisotopic (exact) mass is 293 g/mol. The molecule has 0 aliphatic carbocycles. The van der Waals surface area contributed by atoms with Gasteiger partial charge in [0.15, 0.2) is 0 Å². The average Bonchev–Trinajstić information content (AvgIpc) is 2.39. The topological polar surface area (TPSA) is 26.0 Å². The lowest BCUT2D eigenvalue weighted by Gasteiger charge is -2.19. The third kappa shape index (κ3) is 3.30. The predicted octanol–water partition coefficient (Wildman–Crippen LogP) is 4.59. The molecule has 0 spiro atoms. The van der Waals surface area contributed by atoms with Gasteiger partial charge in [0.2, 0.25) is 0 Å². The largest absolute Gasteiger partial charge is 0.330 e. The van der Waals surface area contributed by atoms with Gasteiger partial charge in [0.05, 0.1) is 0 Å². The lowest BCUT2D eigenvalue weighted by atomic mass is 9.90. The Morgan fingerprint density at radius 1 is 1.00 bits per heavy atom. The molecule has 2 rings (SSSR count). The molecule has 0 amide bonds. The molecule has 3 heteroatoms. The van der Waals surface area contributed by atoms with Gasteiger partial charge in [-0.25, -0.2) is 0 Å². The van der Waals surface area contributed by atoms with Crippen LogP contribution in [0.15, 0.2) is 42.5 Å². The molecule has 0 aliphatic rings. The second kappa shape index (κ2) is 6.42. The molecule has 2 N–H and O–H groups in total. The van der Waals surface area contributed by atoms with E-state index in [9.17, 15) is 0 Å². The van der Waals surface area contributed by atoms with Crippen molar-refractivity contribution in [3.8, 4) is 0 Å². The van der Waals surface area contributed by atoms with Gasteiger partial charge in [0.25, 0.3) is 0 Å². The van der Waals surface area contributed by atoms with Crippen molar-refractivity contribution in [2.24, 2.45) is 5.73 Å². The van der Waals surface area contributed by atoms with Crippen molar-refractivity contribution in [3.05, 3.63) is 69.2 Å². The van der Waals surface area contributed by atoms with Crippen LogP contribution in [0.4, 0.5) is 0 Å². The summed E-state index contributed by atoms with van der Waals surface area (Å²) in [5.41, 5.74) is 9.43. The van der Waals surface area contributed by atoms with Gasteiger partial charge in [0, 0.05) is 16.0 Å². The van der Waals surface area contributed by atoms with Crippen molar-refractivity contribution in [1.29, 1.82) is 0 Å². The maximum Gasteiger partial charge on any atom is 0.0456 e. The Labute approximate surface area is 124 Å². The van der Waals surface area contributed by atoms with E-state index in [0.29, 0.717) is 16.6 Å². The lowest BCUT2D eigenvalue weighted by Crippen LogP contribution is -2.16. The minimum atomic E-state index is 0.141. The quantitative estimate of drug-likeness (QED) is 0.877. The zero-order chi connectivity index (χ0) is 13.8. The minimum Gasteiger partial charge on any atom is -0.330 e. The molecule has 0 bridgehead atoms. The Bertz CT molecular complexity index is 546. The minimum absolute atomic E-state index is 0.141. The van der Waals surface area contributed by atoms with Crippen LogP contribution in [0.2, 0.25) is 10.0 Å². The first kappa shape index (κ1) is 14.4. The standard InChI is InChI=1S/C16H17Cl2N/c1-11-5-2-3-6-12(11)9-13(10-19)16-14(17)7-4-8-15(16)18/h2-8,13H,9-10,19H2,1H3. The van der Waals surface area contributed by atoms with Gasteiger partial charge in [-0.15, -0.1) is 0 Å². The third-order valence-electron chi connectivity index (χ3n) is 3.42. The van der Waals surface area contributed by atoms with Crippen molar-refractivity contribution < 1.29 is 0 Å². The maximum absolute atomic E-state index is 6.27. The molecular formula is C16H17Cl2N. The van der Waals surface area contributed by atoms with Crippen molar-refractivity contribution in [3.63, 3.8) is 0 Å². The predicted molar refractivity (Wildman–Crippen MR) is 83.1 cm³/mol. The summed E-state index contributed by atoms with van der Waals surface area (Å²) < 4.78 is 0. The van der Waals surface area contributed by atoms with Crippen LogP contribution in [-0.4, -0.2) is 6.54 Å². The SMILES string of the molecule is Cc1ccccc1CC(CN)c1c(Cl)cccc1Cl. The molecule has 19 heavy (non-hydrogen) atoms. The summed E-state index contributed by atoms with van der Waals surface area (Å²) in [7, 11) is 0. The van der Waals surface area contributed by atoms with Crippen LogP contribution in [0.5, 0.6) is 0 Å². The fraction of sp³-hybridized carbons (Fsp3) is 0.250. The highest BCUT2D eigenvalue weighted by atomic mass is 35.5. The number of hydrogen-bond donors (Lipinski definition) is 1. The molecule has 1 nitrogen and oxygen atoms in total. The first-order chi connectivity index (χ1) is 9.13. The summed E-state index contributed by atoms with van der Waals surface area (Å²) >= 11 is 12.5. The smallest absolute Gasteiger partial charge is 0.0456 e. The Morgan fingerprint density at radius 3 is 2.21 bits per heavy atom. The molecule has 100 valence electrons. The maximum atomic E-state index is 6.27. The van der Waals surface area contributed by atoms with E-state index in [4.69, 9.17) is 28.9 Å². The Hall–Kier alpha value is -1.02. The molecule has 0 saturated carbocycles. The van der Waals surface area contributed by atoms with Crippen LogP contribution in [0.1, 0.15) is 22.6 Å². The van der Waals surface area contributed by atoms with Crippen molar-refractivity contribution >= 4 is 23.2 Å². The lowest BCUT2D eigenvalue weighted by molar-refractivity contribution is 0.692. The number of hydrogen-bond acceptors (Lipinski definition) is 1. The van der Waals surface area contributed by atoms with E-state index in [-0.39, 0.29) is 5.92 Å². The molecule has 1 atom stereocenters. The van der Waals surface area contributed by atoms with E-state index in [1.807, 2.05) is 30.3 Å². The molecule has 0 heterocycles. The van der Waals surface area contributed by atoms with E-state index < -0.39 is 0 Å². The Balaban J connectivity index is 2.34. The molecule has 1 unspecified atom stereocenters. The number of aryl methyl sites for hydroxylation is 1. The van der Waals surface area contributed by atoms with Crippen molar-refractivity contribution in [2.75, 3.05) is 6.54 Å². The zero-order valence-electron chi connectivity index (χ0n) is 10.9. The molecular weight excluding hydrogens is 277 g/mol. The second-order valence-corrected chi connectivity index (χ2v) is 5.51. The molecule has 0 aliphatic heterocycles. The fourth-order valence-corrected chi connectivity index (χ4v) is 3.01. The first-order valence-electron chi connectivity index (χ1n) is 6.32. The van der Waals surface area contributed by atoms with Crippen molar-refractivity contribution in [2.45, 2.75) is 19.3 Å². The van der Waals surface area contributed by atoms with Gasteiger partial charge in [-0.2, -0.15) is 0 Å². The third-order valence-corrected chi connectivity index (χ3v) is 4.08. The van der Waals surface area contributed by atoms with Gasteiger partial charge >= 0.3 is 0 Å². The summed E-state index contributed by atoms with van der Waals surface area (Å²) in [4.78, 5) is 0. The molecule has 2 aromatic rings. The van der Waals surface area contributed by atoms with E-state index in [1.165, 1.54) is 11.1 Å². The average molecular weight is 294 g/mol. The van der Waals surface area contributed by atoms with E-state index in [1.54, 1.807) is 0 Å². The fourth-order valence-electron chi connectivity index (χ4n) is 2.31. The number of halogens is 2. The normalized spacial score (nSPS) is 12.4. The van der Waals surface area contributed by atoms with Gasteiger partial charge in [0.1, 0.15) is 0 Å². The zero-order valence-corrected chi connectivity index (χ0v) is 12.4. The number of benzene rings is 2. The van der Waals surface area contributed by atoms with E-state index in [0.717, 1.165) is 12.0 Å². The summed E-state index contributed by atoms with van der Waals surface area (Å²) in [5.74, 6) is 0.141. The van der Waals surface area contributed by atoms with Gasteiger partial charge < -0.3 is 5.73 Å². The molecule has 0 saturated heterocycles. The van der Waals surface area contributed by atoms with Crippen LogP contribution in [-0.2, 0) is 6.42 Å².